The Morgan fingerprint density at radius 2 is 1.88 bits per heavy atom. The van der Waals surface area contributed by atoms with Crippen molar-refractivity contribution >= 4 is 5.91 Å². The molecule has 96 valence electrons. The van der Waals surface area contributed by atoms with Crippen molar-refractivity contribution in [3.8, 4) is 0 Å². The van der Waals surface area contributed by atoms with Crippen molar-refractivity contribution in [1.82, 2.24) is 10.3 Å². The zero-order valence-electron chi connectivity index (χ0n) is 11.0. The molecule has 0 spiro atoms. The van der Waals surface area contributed by atoms with Crippen LogP contribution in [0.2, 0.25) is 0 Å². The van der Waals surface area contributed by atoms with E-state index in [2.05, 4.69) is 31.1 Å². The first-order valence-electron chi connectivity index (χ1n) is 6.35. The van der Waals surface area contributed by atoms with Crippen LogP contribution in [0.25, 0.3) is 0 Å². The second kappa shape index (κ2) is 9.60. The molecular formula is C12H27N3O. The summed E-state index contributed by atoms with van der Waals surface area (Å²) >= 11 is 0. The number of carbonyl (C=O) groups excluding carboxylic acids is 1. The van der Waals surface area contributed by atoms with E-state index in [4.69, 9.17) is 5.84 Å². The van der Waals surface area contributed by atoms with E-state index in [1.165, 1.54) is 19.3 Å². The number of nitrogens with two attached hydrogens (primary N) is 1. The second-order valence-electron chi connectivity index (χ2n) is 4.51. The topological polar surface area (TPSA) is 58.4 Å². The zero-order valence-corrected chi connectivity index (χ0v) is 11.0. The van der Waals surface area contributed by atoms with Gasteiger partial charge in [0.2, 0.25) is 5.91 Å². The minimum absolute atomic E-state index is 0.0720. The van der Waals surface area contributed by atoms with Crippen LogP contribution < -0.4 is 11.3 Å². The Morgan fingerprint density at radius 3 is 2.38 bits per heavy atom. The lowest BCUT2D eigenvalue weighted by Gasteiger charge is -2.26. The van der Waals surface area contributed by atoms with Crippen LogP contribution in [0.1, 0.15) is 52.9 Å². The monoisotopic (exact) mass is 229 g/mol. The summed E-state index contributed by atoms with van der Waals surface area (Å²) in [5.41, 5.74) is 2.16. The Morgan fingerprint density at radius 1 is 1.25 bits per heavy atom. The van der Waals surface area contributed by atoms with Crippen molar-refractivity contribution in [1.29, 1.82) is 0 Å². The average Bonchev–Trinajstić information content (AvgIpc) is 2.26. The highest BCUT2D eigenvalue weighted by Gasteiger charge is 2.09. The van der Waals surface area contributed by atoms with Crippen LogP contribution in [-0.4, -0.2) is 29.9 Å². The van der Waals surface area contributed by atoms with Crippen molar-refractivity contribution in [3.05, 3.63) is 0 Å². The number of amides is 1. The summed E-state index contributed by atoms with van der Waals surface area (Å²) in [5, 5.41) is 0. The first kappa shape index (κ1) is 15.4. The van der Waals surface area contributed by atoms with Gasteiger partial charge in [-0.2, -0.15) is 0 Å². The van der Waals surface area contributed by atoms with Gasteiger partial charge in [-0.3, -0.25) is 10.2 Å². The minimum atomic E-state index is -0.0720. The van der Waals surface area contributed by atoms with Crippen molar-refractivity contribution in [2.45, 2.75) is 58.9 Å². The van der Waals surface area contributed by atoms with Crippen LogP contribution in [0.5, 0.6) is 0 Å². The normalized spacial score (nSPS) is 11.1. The molecule has 0 atom stereocenters. The molecule has 0 bridgehead atoms. The van der Waals surface area contributed by atoms with Gasteiger partial charge in [0.1, 0.15) is 0 Å². The number of nitrogens with one attached hydrogen (secondary N) is 1. The van der Waals surface area contributed by atoms with E-state index >= 15 is 0 Å². The number of hydrazine groups is 1. The molecule has 0 saturated heterocycles. The van der Waals surface area contributed by atoms with E-state index in [9.17, 15) is 4.79 Å². The van der Waals surface area contributed by atoms with Gasteiger partial charge in [0.25, 0.3) is 0 Å². The summed E-state index contributed by atoms with van der Waals surface area (Å²) < 4.78 is 0. The lowest BCUT2D eigenvalue weighted by atomic mass is 10.2. The molecule has 0 radical (unpaired) electrons. The maximum Gasteiger partial charge on any atom is 0.233 e. The first-order valence-corrected chi connectivity index (χ1v) is 6.35. The molecule has 0 unspecified atom stereocenters. The Hall–Kier alpha value is -0.610. The lowest BCUT2D eigenvalue weighted by molar-refractivity contribution is -0.121. The van der Waals surface area contributed by atoms with Gasteiger partial charge in [0.15, 0.2) is 0 Å². The molecular weight excluding hydrogens is 202 g/mol. The third kappa shape index (κ3) is 7.65. The second-order valence-corrected chi connectivity index (χ2v) is 4.51. The van der Waals surface area contributed by atoms with Gasteiger partial charge in [-0.05, 0) is 39.8 Å². The van der Waals surface area contributed by atoms with Gasteiger partial charge < -0.3 is 4.90 Å². The summed E-state index contributed by atoms with van der Waals surface area (Å²) in [7, 11) is 0. The molecule has 0 rings (SSSR count). The van der Waals surface area contributed by atoms with Gasteiger partial charge in [-0.15, -0.1) is 0 Å². The van der Waals surface area contributed by atoms with Crippen molar-refractivity contribution in [2.24, 2.45) is 5.84 Å². The molecule has 0 fully saturated rings. The number of nitrogens with zero attached hydrogens (tertiary/aromatic N) is 1. The standard InChI is InChI=1S/C12H27N3O/c1-4-5-6-9-15(11(2)3)10-7-8-12(16)14-13/h11H,4-10,13H2,1-3H3,(H,14,16). The predicted molar refractivity (Wildman–Crippen MR) is 67.8 cm³/mol. The van der Waals surface area contributed by atoms with Crippen molar-refractivity contribution < 1.29 is 4.79 Å². The fraction of sp³-hybridized carbons (Fsp3) is 0.917. The Balaban J connectivity index is 3.72. The predicted octanol–water partition coefficient (Wildman–Crippen LogP) is 1.66. The maximum atomic E-state index is 11.0. The van der Waals surface area contributed by atoms with Gasteiger partial charge in [-0.1, -0.05) is 19.8 Å². The molecule has 3 N–H and O–H groups in total. The maximum absolute atomic E-state index is 11.0. The van der Waals surface area contributed by atoms with Gasteiger partial charge >= 0.3 is 0 Å². The molecule has 16 heavy (non-hydrogen) atoms. The molecule has 0 aromatic carbocycles. The van der Waals surface area contributed by atoms with Gasteiger partial charge in [0, 0.05) is 12.5 Å². The minimum Gasteiger partial charge on any atom is -0.301 e. The average molecular weight is 229 g/mol. The summed E-state index contributed by atoms with van der Waals surface area (Å²) in [5.74, 6) is 4.96. The Bertz CT molecular complexity index is 183. The molecule has 4 nitrogen and oxygen atoms in total. The molecule has 0 aliphatic heterocycles. The third-order valence-electron chi connectivity index (χ3n) is 2.79. The number of unbranched alkanes of at least 4 members (excludes halogenated alkanes) is 2. The van der Waals surface area contributed by atoms with E-state index in [0.717, 1.165) is 19.5 Å². The molecule has 0 aromatic rings. The van der Waals surface area contributed by atoms with E-state index in [-0.39, 0.29) is 5.91 Å². The van der Waals surface area contributed by atoms with Crippen LogP contribution in [0.3, 0.4) is 0 Å². The first-order chi connectivity index (χ1) is 7.61. The molecule has 0 aromatic heterocycles. The smallest absolute Gasteiger partial charge is 0.233 e. The zero-order chi connectivity index (χ0) is 12.4. The number of hydrogen-bond donors (Lipinski definition) is 2. The fourth-order valence-electron chi connectivity index (χ4n) is 1.71. The van der Waals surface area contributed by atoms with Crippen LogP contribution >= 0.6 is 0 Å². The summed E-state index contributed by atoms with van der Waals surface area (Å²) in [4.78, 5) is 13.4. The molecule has 4 heteroatoms. The number of rotatable bonds is 9. The Kier molecular flexibility index (Phi) is 9.24. The molecule has 1 amide bonds. The number of hydrogen-bond acceptors (Lipinski definition) is 3. The molecule has 0 aliphatic rings. The summed E-state index contributed by atoms with van der Waals surface area (Å²) in [6.07, 6.45) is 5.19. The van der Waals surface area contributed by atoms with Crippen LogP contribution in [0, 0.1) is 0 Å². The van der Waals surface area contributed by atoms with Crippen molar-refractivity contribution in [2.75, 3.05) is 13.1 Å². The summed E-state index contributed by atoms with van der Waals surface area (Å²) in [6.45, 7) is 8.74. The van der Waals surface area contributed by atoms with Gasteiger partial charge in [-0.25, -0.2) is 5.84 Å². The van der Waals surface area contributed by atoms with E-state index in [0.29, 0.717) is 12.5 Å². The SMILES string of the molecule is CCCCCN(CCCC(=O)NN)C(C)C. The lowest BCUT2D eigenvalue weighted by Crippen LogP contribution is -2.34. The van der Waals surface area contributed by atoms with Crippen LogP contribution in [0.4, 0.5) is 0 Å². The molecule has 0 saturated carbocycles. The van der Waals surface area contributed by atoms with E-state index < -0.39 is 0 Å². The number of carbonyl (C=O) groups is 1. The van der Waals surface area contributed by atoms with Gasteiger partial charge in [0.05, 0.1) is 0 Å². The fourth-order valence-corrected chi connectivity index (χ4v) is 1.71. The third-order valence-corrected chi connectivity index (χ3v) is 2.79. The largest absolute Gasteiger partial charge is 0.301 e. The van der Waals surface area contributed by atoms with Crippen LogP contribution in [-0.2, 0) is 4.79 Å². The quantitative estimate of drug-likeness (QED) is 0.273. The highest BCUT2D eigenvalue weighted by Crippen LogP contribution is 2.05. The van der Waals surface area contributed by atoms with E-state index in [1.807, 2.05) is 0 Å². The molecule has 0 heterocycles. The highest BCUT2D eigenvalue weighted by molar-refractivity contribution is 5.75. The van der Waals surface area contributed by atoms with E-state index in [1.54, 1.807) is 0 Å². The Labute approximate surface area is 99.5 Å². The van der Waals surface area contributed by atoms with Crippen LogP contribution in [0.15, 0.2) is 0 Å². The molecule has 0 aliphatic carbocycles. The highest BCUT2D eigenvalue weighted by atomic mass is 16.2. The van der Waals surface area contributed by atoms with Crippen molar-refractivity contribution in [3.63, 3.8) is 0 Å². The summed E-state index contributed by atoms with van der Waals surface area (Å²) in [6, 6.07) is 0.554.